The molecule has 2 rings (SSSR count). The largest absolute Gasteiger partial charge is 0.496 e. The summed E-state index contributed by atoms with van der Waals surface area (Å²) in [5, 5.41) is 9.25. The minimum absolute atomic E-state index is 0.107. The number of aliphatic carboxylic acids is 1. The van der Waals surface area contributed by atoms with E-state index in [1.54, 1.807) is 24.3 Å². The molecule has 0 unspecified atom stereocenters. The molecular weight excluding hydrogens is 244 g/mol. The van der Waals surface area contributed by atoms with Gasteiger partial charge in [-0.2, -0.15) is 0 Å². The highest BCUT2D eigenvalue weighted by molar-refractivity contribution is 6.02. The smallest absolute Gasteiger partial charge is 0.307 e. The Hall–Kier alpha value is -1.84. The minimum Gasteiger partial charge on any atom is -0.496 e. The number of ketones is 1. The first-order chi connectivity index (χ1) is 9.15. The normalized spacial score (nSPS) is 22.8. The highest BCUT2D eigenvalue weighted by Gasteiger charge is 2.36. The van der Waals surface area contributed by atoms with Crippen molar-refractivity contribution in [1.29, 1.82) is 0 Å². The molecule has 2 atom stereocenters. The molecule has 102 valence electrons. The molecule has 0 radical (unpaired) electrons. The van der Waals surface area contributed by atoms with E-state index in [0.717, 1.165) is 12.8 Å². The van der Waals surface area contributed by atoms with Gasteiger partial charge in [0.15, 0.2) is 5.78 Å². The van der Waals surface area contributed by atoms with Crippen LogP contribution in [0.15, 0.2) is 24.3 Å². The zero-order valence-electron chi connectivity index (χ0n) is 11.0. The van der Waals surface area contributed by atoms with Crippen LogP contribution in [-0.4, -0.2) is 24.0 Å². The number of Topliss-reactive ketones (excluding diaryl/α,β-unsaturated/α-hetero) is 1. The lowest BCUT2D eigenvalue weighted by Crippen LogP contribution is -2.32. The Labute approximate surface area is 112 Å². The summed E-state index contributed by atoms with van der Waals surface area (Å²) in [5.41, 5.74) is 0.489. The summed E-state index contributed by atoms with van der Waals surface area (Å²) >= 11 is 0. The van der Waals surface area contributed by atoms with Crippen LogP contribution in [0.2, 0.25) is 0 Å². The topological polar surface area (TPSA) is 63.6 Å². The quantitative estimate of drug-likeness (QED) is 0.847. The summed E-state index contributed by atoms with van der Waals surface area (Å²) in [6.45, 7) is 0. The summed E-state index contributed by atoms with van der Waals surface area (Å²) in [4.78, 5) is 23.8. The van der Waals surface area contributed by atoms with Crippen molar-refractivity contribution in [3.8, 4) is 5.75 Å². The molecule has 19 heavy (non-hydrogen) atoms. The van der Waals surface area contributed by atoms with E-state index < -0.39 is 17.8 Å². The number of carboxylic acid groups (broad SMARTS) is 1. The van der Waals surface area contributed by atoms with Gasteiger partial charge >= 0.3 is 5.97 Å². The molecule has 0 amide bonds. The van der Waals surface area contributed by atoms with Crippen LogP contribution >= 0.6 is 0 Å². The maximum atomic E-state index is 12.6. The van der Waals surface area contributed by atoms with Gasteiger partial charge in [-0.05, 0) is 25.0 Å². The number of hydrogen-bond acceptors (Lipinski definition) is 3. The van der Waals surface area contributed by atoms with Crippen LogP contribution in [0.4, 0.5) is 0 Å². The highest BCUT2D eigenvalue weighted by atomic mass is 16.5. The summed E-state index contributed by atoms with van der Waals surface area (Å²) in [6.07, 6.45) is 3.02. The van der Waals surface area contributed by atoms with E-state index in [-0.39, 0.29) is 5.78 Å². The number of benzene rings is 1. The van der Waals surface area contributed by atoms with Gasteiger partial charge in [-0.25, -0.2) is 0 Å². The molecular formula is C15H18O4. The van der Waals surface area contributed by atoms with Gasteiger partial charge < -0.3 is 9.84 Å². The van der Waals surface area contributed by atoms with Crippen molar-refractivity contribution in [3.05, 3.63) is 29.8 Å². The van der Waals surface area contributed by atoms with Crippen LogP contribution in [0.5, 0.6) is 5.75 Å². The second kappa shape index (κ2) is 5.87. The number of para-hydroxylation sites is 1. The summed E-state index contributed by atoms with van der Waals surface area (Å²) < 4.78 is 5.18. The lowest BCUT2D eigenvalue weighted by molar-refractivity contribution is -0.144. The van der Waals surface area contributed by atoms with Crippen molar-refractivity contribution in [2.45, 2.75) is 25.7 Å². The molecule has 0 aliphatic heterocycles. The molecule has 1 saturated carbocycles. The first-order valence-corrected chi connectivity index (χ1v) is 6.55. The lowest BCUT2D eigenvalue weighted by Gasteiger charge is -2.27. The monoisotopic (exact) mass is 262 g/mol. The molecule has 1 aromatic rings. The number of methoxy groups -OCH3 is 1. The molecule has 0 aromatic heterocycles. The lowest BCUT2D eigenvalue weighted by atomic mass is 9.75. The van der Waals surface area contributed by atoms with Crippen molar-refractivity contribution >= 4 is 11.8 Å². The number of carbonyl (C=O) groups is 2. The van der Waals surface area contributed by atoms with Crippen LogP contribution in [-0.2, 0) is 4.79 Å². The fourth-order valence-corrected chi connectivity index (χ4v) is 2.79. The summed E-state index contributed by atoms with van der Waals surface area (Å²) in [7, 11) is 1.52. The third-order valence-electron chi connectivity index (χ3n) is 3.79. The van der Waals surface area contributed by atoms with Gasteiger partial charge in [0.25, 0.3) is 0 Å². The Balaban J connectivity index is 2.29. The molecule has 1 aromatic carbocycles. The van der Waals surface area contributed by atoms with Crippen molar-refractivity contribution in [2.75, 3.05) is 7.11 Å². The van der Waals surface area contributed by atoms with E-state index in [0.29, 0.717) is 24.2 Å². The standard InChI is InChI=1S/C15H18O4/c1-19-13-9-5-4-8-12(13)14(16)10-6-2-3-7-11(10)15(17)18/h4-5,8-11H,2-3,6-7H2,1H3,(H,17,18)/t10-,11+/m1/s1. The van der Waals surface area contributed by atoms with Crippen LogP contribution < -0.4 is 4.74 Å². The van der Waals surface area contributed by atoms with Gasteiger partial charge in [-0.3, -0.25) is 9.59 Å². The second-order valence-corrected chi connectivity index (χ2v) is 4.90. The second-order valence-electron chi connectivity index (χ2n) is 4.90. The maximum Gasteiger partial charge on any atom is 0.307 e. The third-order valence-corrected chi connectivity index (χ3v) is 3.79. The van der Waals surface area contributed by atoms with Gasteiger partial charge in [-0.15, -0.1) is 0 Å². The summed E-state index contributed by atoms with van der Waals surface area (Å²) in [6, 6.07) is 7.00. The van der Waals surface area contributed by atoms with Gasteiger partial charge in [0.1, 0.15) is 5.75 Å². The van der Waals surface area contributed by atoms with Crippen molar-refractivity contribution < 1.29 is 19.4 Å². The zero-order chi connectivity index (χ0) is 13.8. The van der Waals surface area contributed by atoms with Crippen LogP contribution in [0, 0.1) is 11.8 Å². The molecule has 1 aliphatic carbocycles. The SMILES string of the molecule is COc1ccccc1C(=O)[C@@H]1CCCC[C@@H]1C(=O)O. The Morgan fingerprint density at radius 3 is 2.42 bits per heavy atom. The molecule has 0 heterocycles. The number of rotatable bonds is 4. The maximum absolute atomic E-state index is 12.6. The Morgan fingerprint density at radius 2 is 1.79 bits per heavy atom. The number of carbonyl (C=O) groups excluding carboxylic acids is 1. The Morgan fingerprint density at radius 1 is 1.16 bits per heavy atom. The minimum atomic E-state index is -0.868. The van der Waals surface area contributed by atoms with Gasteiger partial charge in [0, 0.05) is 5.92 Å². The molecule has 0 bridgehead atoms. The van der Waals surface area contributed by atoms with Crippen molar-refractivity contribution in [2.24, 2.45) is 11.8 Å². The first-order valence-electron chi connectivity index (χ1n) is 6.55. The predicted molar refractivity (Wildman–Crippen MR) is 70.4 cm³/mol. The molecule has 0 saturated heterocycles. The Bertz CT molecular complexity index is 481. The van der Waals surface area contributed by atoms with Gasteiger partial charge in [0.05, 0.1) is 18.6 Å². The number of carboxylic acids is 1. The average molecular weight is 262 g/mol. The zero-order valence-corrected chi connectivity index (χ0v) is 11.0. The average Bonchev–Trinajstić information content (AvgIpc) is 2.46. The fraction of sp³-hybridized carbons (Fsp3) is 0.467. The van der Waals surface area contributed by atoms with E-state index >= 15 is 0 Å². The van der Waals surface area contributed by atoms with Crippen LogP contribution in [0.25, 0.3) is 0 Å². The van der Waals surface area contributed by atoms with E-state index in [4.69, 9.17) is 4.74 Å². The highest BCUT2D eigenvalue weighted by Crippen LogP contribution is 2.34. The molecule has 4 nitrogen and oxygen atoms in total. The predicted octanol–water partition coefficient (Wildman–Crippen LogP) is 2.77. The van der Waals surface area contributed by atoms with E-state index in [2.05, 4.69) is 0 Å². The van der Waals surface area contributed by atoms with Crippen LogP contribution in [0.1, 0.15) is 36.0 Å². The number of hydrogen-bond donors (Lipinski definition) is 1. The molecule has 0 spiro atoms. The van der Waals surface area contributed by atoms with Crippen LogP contribution in [0.3, 0.4) is 0 Å². The molecule has 4 heteroatoms. The Kier molecular flexibility index (Phi) is 4.20. The van der Waals surface area contributed by atoms with E-state index in [9.17, 15) is 14.7 Å². The van der Waals surface area contributed by atoms with Gasteiger partial charge in [0.2, 0.25) is 0 Å². The van der Waals surface area contributed by atoms with Crippen molar-refractivity contribution in [1.82, 2.24) is 0 Å². The molecule has 1 aliphatic rings. The molecule has 1 N–H and O–H groups in total. The number of ether oxygens (including phenoxy) is 1. The van der Waals surface area contributed by atoms with E-state index in [1.807, 2.05) is 0 Å². The van der Waals surface area contributed by atoms with E-state index in [1.165, 1.54) is 7.11 Å². The fourth-order valence-electron chi connectivity index (χ4n) is 2.79. The van der Waals surface area contributed by atoms with Crippen molar-refractivity contribution in [3.63, 3.8) is 0 Å². The third kappa shape index (κ3) is 2.78. The van der Waals surface area contributed by atoms with Gasteiger partial charge in [-0.1, -0.05) is 25.0 Å². The summed E-state index contributed by atoms with van der Waals surface area (Å²) in [5.74, 6) is -1.45. The first kappa shape index (κ1) is 13.6. The molecule has 1 fully saturated rings.